The summed E-state index contributed by atoms with van der Waals surface area (Å²) in [5.41, 5.74) is 7.20. The molecule has 1 amide bonds. The van der Waals surface area contributed by atoms with Crippen molar-refractivity contribution < 1.29 is 4.79 Å². The Morgan fingerprint density at radius 2 is 2.05 bits per heavy atom. The van der Waals surface area contributed by atoms with E-state index in [-0.39, 0.29) is 11.9 Å². The van der Waals surface area contributed by atoms with Gasteiger partial charge in [-0.1, -0.05) is 30.3 Å². The fourth-order valence-corrected chi connectivity index (χ4v) is 2.43. The van der Waals surface area contributed by atoms with Gasteiger partial charge in [-0.15, -0.1) is 0 Å². The number of thioether (sulfide) groups is 1. The summed E-state index contributed by atoms with van der Waals surface area (Å²) in [7, 11) is 0. The maximum atomic E-state index is 12.2. The number of hydrogen-bond donors (Lipinski definition) is 1. The van der Waals surface area contributed by atoms with Crippen molar-refractivity contribution in [1.29, 1.82) is 0 Å². The Kier molecular flexibility index (Phi) is 7.60. The third kappa shape index (κ3) is 5.66. The summed E-state index contributed by atoms with van der Waals surface area (Å²) in [6.45, 7) is 3.47. The molecule has 0 aliphatic carbocycles. The topological polar surface area (TPSA) is 46.3 Å². The summed E-state index contributed by atoms with van der Waals surface area (Å²) in [4.78, 5) is 14.1. The van der Waals surface area contributed by atoms with Crippen LogP contribution in [0.4, 0.5) is 0 Å². The Balaban J connectivity index is 2.46. The number of likely N-dealkylation sites (N-methyl/N-ethyl adjacent to an activating group) is 1. The maximum absolute atomic E-state index is 12.2. The first-order valence-corrected chi connectivity index (χ1v) is 8.15. The van der Waals surface area contributed by atoms with Crippen LogP contribution in [0.5, 0.6) is 0 Å². The van der Waals surface area contributed by atoms with Gasteiger partial charge in [0.05, 0.1) is 6.04 Å². The molecule has 1 rings (SSSR count). The summed E-state index contributed by atoms with van der Waals surface area (Å²) in [6, 6.07) is 9.88. The van der Waals surface area contributed by atoms with Crippen LogP contribution in [-0.4, -0.2) is 41.9 Å². The van der Waals surface area contributed by atoms with E-state index in [0.717, 1.165) is 31.7 Å². The SMILES string of the molecule is CCN(CCc1ccccc1)C(=O)[C@@H](N)CCSC. The predicted octanol–water partition coefficient (Wildman–Crippen LogP) is 2.16. The minimum absolute atomic E-state index is 0.0764. The van der Waals surface area contributed by atoms with E-state index in [1.165, 1.54) is 5.56 Å². The van der Waals surface area contributed by atoms with Crippen LogP contribution < -0.4 is 5.73 Å². The number of carbonyl (C=O) groups excluding carboxylic acids is 1. The normalized spacial score (nSPS) is 12.2. The zero-order chi connectivity index (χ0) is 14.1. The third-order valence-electron chi connectivity index (χ3n) is 3.16. The molecule has 0 fully saturated rings. The molecule has 0 aliphatic rings. The molecule has 2 N–H and O–H groups in total. The molecule has 0 aromatic heterocycles. The van der Waals surface area contributed by atoms with Crippen LogP contribution in [0.1, 0.15) is 18.9 Å². The Labute approximate surface area is 120 Å². The second-order valence-electron chi connectivity index (χ2n) is 4.54. The monoisotopic (exact) mass is 280 g/mol. The Morgan fingerprint density at radius 3 is 2.63 bits per heavy atom. The number of benzene rings is 1. The highest BCUT2D eigenvalue weighted by Gasteiger charge is 2.18. The molecule has 0 saturated heterocycles. The third-order valence-corrected chi connectivity index (χ3v) is 3.80. The highest BCUT2D eigenvalue weighted by Crippen LogP contribution is 2.05. The van der Waals surface area contributed by atoms with Gasteiger partial charge in [-0.25, -0.2) is 0 Å². The van der Waals surface area contributed by atoms with Gasteiger partial charge in [0.2, 0.25) is 5.91 Å². The van der Waals surface area contributed by atoms with E-state index >= 15 is 0 Å². The molecule has 0 saturated carbocycles. The van der Waals surface area contributed by atoms with Crippen LogP contribution in [0, 0.1) is 0 Å². The van der Waals surface area contributed by atoms with E-state index < -0.39 is 0 Å². The molecule has 106 valence electrons. The smallest absolute Gasteiger partial charge is 0.239 e. The van der Waals surface area contributed by atoms with Crippen LogP contribution >= 0.6 is 11.8 Å². The molecule has 19 heavy (non-hydrogen) atoms. The highest BCUT2D eigenvalue weighted by molar-refractivity contribution is 7.98. The minimum Gasteiger partial charge on any atom is -0.341 e. The number of rotatable bonds is 8. The predicted molar refractivity (Wildman–Crippen MR) is 83.4 cm³/mol. The van der Waals surface area contributed by atoms with Crippen LogP contribution in [0.15, 0.2) is 30.3 Å². The summed E-state index contributed by atoms with van der Waals surface area (Å²) < 4.78 is 0. The van der Waals surface area contributed by atoms with E-state index in [4.69, 9.17) is 5.73 Å². The van der Waals surface area contributed by atoms with Gasteiger partial charge in [0.25, 0.3) is 0 Å². The van der Waals surface area contributed by atoms with Crippen LogP contribution in [0.25, 0.3) is 0 Å². The fraction of sp³-hybridized carbons (Fsp3) is 0.533. The molecular formula is C15H24N2OS. The lowest BCUT2D eigenvalue weighted by Crippen LogP contribution is -2.44. The van der Waals surface area contributed by atoms with Gasteiger partial charge in [0.15, 0.2) is 0 Å². The number of amides is 1. The standard InChI is InChI=1S/C15H24N2OS/c1-3-17(15(18)14(16)10-12-19-2)11-9-13-7-5-4-6-8-13/h4-8,14H,3,9-12,16H2,1-2H3/t14-/m0/s1. The van der Waals surface area contributed by atoms with E-state index in [2.05, 4.69) is 12.1 Å². The zero-order valence-corrected chi connectivity index (χ0v) is 12.7. The van der Waals surface area contributed by atoms with Crippen molar-refractivity contribution in [2.24, 2.45) is 5.73 Å². The lowest BCUT2D eigenvalue weighted by molar-refractivity contribution is -0.132. The summed E-state index contributed by atoms with van der Waals surface area (Å²) in [6.07, 6.45) is 3.67. The van der Waals surface area contributed by atoms with E-state index in [1.807, 2.05) is 36.3 Å². The fourth-order valence-electron chi connectivity index (χ4n) is 1.94. The summed E-state index contributed by atoms with van der Waals surface area (Å²) >= 11 is 1.73. The number of nitrogens with two attached hydrogens (primary N) is 1. The molecule has 1 atom stereocenters. The lowest BCUT2D eigenvalue weighted by Gasteiger charge is -2.24. The molecular weight excluding hydrogens is 256 g/mol. The molecule has 0 aliphatic heterocycles. The van der Waals surface area contributed by atoms with Crippen LogP contribution in [0.2, 0.25) is 0 Å². The Hall–Kier alpha value is -1.00. The molecule has 0 radical (unpaired) electrons. The molecule has 1 aromatic carbocycles. The second kappa shape index (κ2) is 8.99. The molecule has 0 spiro atoms. The van der Waals surface area contributed by atoms with Crippen molar-refractivity contribution in [3.8, 4) is 0 Å². The molecule has 1 aromatic rings. The summed E-state index contributed by atoms with van der Waals surface area (Å²) in [5, 5.41) is 0. The largest absolute Gasteiger partial charge is 0.341 e. The van der Waals surface area contributed by atoms with Crippen molar-refractivity contribution in [2.45, 2.75) is 25.8 Å². The number of carbonyl (C=O) groups is 1. The Morgan fingerprint density at radius 1 is 1.37 bits per heavy atom. The van der Waals surface area contributed by atoms with Gasteiger partial charge in [-0.05, 0) is 37.3 Å². The van der Waals surface area contributed by atoms with Gasteiger partial charge in [-0.2, -0.15) is 11.8 Å². The Bertz CT molecular complexity index is 370. The van der Waals surface area contributed by atoms with Gasteiger partial charge in [-0.3, -0.25) is 4.79 Å². The molecule has 0 heterocycles. The van der Waals surface area contributed by atoms with Crippen molar-refractivity contribution >= 4 is 17.7 Å². The second-order valence-corrected chi connectivity index (χ2v) is 5.53. The van der Waals surface area contributed by atoms with Gasteiger partial charge in [0.1, 0.15) is 0 Å². The van der Waals surface area contributed by atoms with Crippen LogP contribution in [-0.2, 0) is 11.2 Å². The van der Waals surface area contributed by atoms with E-state index in [0.29, 0.717) is 0 Å². The highest BCUT2D eigenvalue weighted by atomic mass is 32.2. The average molecular weight is 280 g/mol. The van der Waals surface area contributed by atoms with Crippen molar-refractivity contribution in [3.05, 3.63) is 35.9 Å². The van der Waals surface area contributed by atoms with Crippen molar-refractivity contribution in [2.75, 3.05) is 25.1 Å². The molecule has 0 unspecified atom stereocenters. The average Bonchev–Trinajstić information content (AvgIpc) is 2.46. The number of nitrogens with zero attached hydrogens (tertiary/aromatic N) is 1. The van der Waals surface area contributed by atoms with Crippen molar-refractivity contribution in [3.63, 3.8) is 0 Å². The first-order chi connectivity index (χ1) is 9.19. The lowest BCUT2D eigenvalue weighted by atomic mass is 10.1. The quantitative estimate of drug-likeness (QED) is 0.794. The van der Waals surface area contributed by atoms with Gasteiger partial charge in [0, 0.05) is 13.1 Å². The van der Waals surface area contributed by atoms with Gasteiger partial charge >= 0.3 is 0 Å². The first-order valence-electron chi connectivity index (χ1n) is 6.76. The van der Waals surface area contributed by atoms with E-state index in [9.17, 15) is 4.79 Å². The molecule has 0 bridgehead atoms. The number of hydrogen-bond acceptors (Lipinski definition) is 3. The molecule has 4 heteroatoms. The van der Waals surface area contributed by atoms with Crippen molar-refractivity contribution in [1.82, 2.24) is 4.90 Å². The first kappa shape index (κ1) is 16.1. The van der Waals surface area contributed by atoms with E-state index in [1.54, 1.807) is 11.8 Å². The maximum Gasteiger partial charge on any atom is 0.239 e. The zero-order valence-electron chi connectivity index (χ0n) is 11.8. The minimum atomic E-state index is -0.358. The van der Waals surface area contributed by atoms with Gasteiger partial charge < -0.3 is 10.6 Å². The van der Waals surface area contributed by atoms with Crippen LogP contribution in [0.3, 0.4) is 0 Å². The molecule has 3 nitrogen and oxygen atoms in total. The summed E-state index contributed by atoms with van der Waals surface area (Å²) in [5.74, 6) is 1.01.